The largest absolute Gasteiger partial charge is 0.366 e. The molecule has 2 amide bonds. The first-order chi connectivity index (χ1) is 15.4. The Morgan fingerprint density at radius 1 is 1.28 bits per heavy atom. The average Bonchev–Trinajstić information content (AvgIpc) is 3.43. The van der Waals surface area contributed by atoms with Gasteiger partial charge in [0.15, 0.2) is 6.29 Å². The van der Waals surface area contributed by atoms with Gasteiger partial charge in [-0.05, 0) is 19.3 Å². The number of hydrazine groups is 1. The molecule has 32 heavy (non-hydrogen) atoms. The molecule has 3 saturated heterocycles. The second-order valence-corrected chi connectivity index (χ2v) is 10.4. The number of hydrogen-bond donors (Lipinski definition) is 8. The van der Waals surface area contributed by atoms with Crippen LogP contribution in [-0.4, -0.2) is 109 Å². The van der Waals surface area contributed by atoms with Gasteiger partial charge in [-0.25, -0.2) is 9.80 Å². The highest BCUT2D eigenvalue weighted by Gasteiger charge is 2.45. The van der Waals surface area contributed by atoms with Gasteiger partial charge < -0.3 is 31.5 Å². The third-order valence-corrected chi connectivity index (χ3v) is 8.44. The lowest BCUT2D eigenvalue weighted by atomic mass is 9.79. The topological polar surface area (TPSA) is 145 Å². The van der Waals surface area contributed by atoms with Gasteiger partial charge >= 0.3 is 6.03 Å². The molecule has 8 unspecified atom stereocenters. The first kappa shape index (κ1) is 24.1. The third-order valence-electron chi connectivity index (χ3n) is 7.04. The van der Waals surface area contributed by atoms with Crippen LogP contribution in [-0.2, 0) is 0 Å². The van der Waals surface area contributed by atoms with Crippen molar-refractivity contribution >= 4 is 24.0 Å². The lowest BCUT2D eigenvalue weighted by molar-refractivity contribution is -0.0518. The van der Waals surface area contributed by atoms with Crippen LogP contribution in [0.3, 0.4) is 0 Å². The van der Waals surface area contributed by atoms with Crippen molar-refractivity contribution in [1.29, 1.82) is 0 Å². The summed E-state index contributed by atoms with van der Waals surface area (Å²) in [5.41, 5.74) is 3.41. The molecule has 0 saturated carbocycles. The van der Waals surface area contributed by atoms with E-state index in [0.717, 1.165) is 31.8 Å². The van der Waals surface area contributed by atoms with E-state index in [1.807, 2.05) is 18.7 Å². The standard InChI is InChI=1S/C20H38N8O3S/c1-3-21-20(31)27-17-4-12(18-26-16(10-32-18)11-5-25-28(2)9-11)13(6-24-17)14-7-23-15(8-22-14)19(29)30/h8,11-19,23-26,29-30H,3-7,9-10H2,1-2H3,(H2,21,27,31). The smallest absolute Gasteiger partial charge is 0.316 e. The number of piperidine rings is 1. The third kappa shape index (κ3) is 5.73. The summed E-state index contributed by atoms with van der Waals surface area (Å²) in [6.07, 6.45) is 0.917. The molecule has 8 N–H and O–H groups in total. The van der Waals surface area contributed by atoms with Gasteiger partial charge in [0, 0.05) is 69.6 Å². The summed E-state index contributed by atoms with van der Waals surface area (Å²) in [5, 5.41) is 37.8. The lowest BCUT2D eigenvalue weighted by Crippen LogP contribution is -2.61. The van der Waals surface area contributed by atoms with E-state index < -0.39 is 12.3 Å². The molecule has 4 aliphatic rings. The van der Waals surface area contributed by atoms with Crippen LogP contribution in [0.2, 0.25) is 0 Å². The molecule has 12 heteroatoms. The van der Waals surface area contributed by atoms with Crippen LogP contribution in [0.1, 0.15) is 13.3 Å². The number of hydrogen-bond acceptors (Lipinski definition) is 10. The molecule has 0 aromatic heterocycles. The number of nitrogens with one attached hydrogen (secondary N) is 6. The summed E-state index contributed by atoms with van der Waals surface area (Å²) in [4.78, 5) is 16.8. The minimum absolute atomic E-state index is 0.0497. The number of nitrogens with zero attached hydrogens (tertiary/aromatic N) is 2. The number of aliphatic hydroxyl groups excluding tert-OH is 1. The highest BCUT2D eigenvalue weighted by molar-refractivity contribution is 8.00. The highest BCUT2D eigenvalue weighted by atomic mass is 32.2. The Balaban J connectivity index is 1.43. The number of urea groups is 1. The first-order valence-corrected chi connectivity index (χ1v) is 12.7. The number of carbonyl (C=O) groups excluding carboxylic acids is 1. The van der Waals surface area contributed by atoms with E-state index in [1.165, 1.54) is 0 Å². The van der Waals surface area contributed by atoms with E-state index >= 15 is 0 Å². The Bertz CT molecular complexity index is 671. The van der Waals surface area contributed by atoms with Crippen LogP contribution in [0.4, 0.5) is 4.79 Å². The van der Waals surface area contributed by atoms with Gasteiger partial charge in [-0.3, -0.25) is 15.7 Å². The zero-order valence-corrected chi connectivity index (χ0v) is 19.6. The SMILES string of the molecule is CCNC(=O)NC1CC(C2NC(C3CNN(C)C3)CS2)C(C2CNC(C(O)O)C=N2)CN1. The van der Waals surface area contributed by atoms with Crippen molar-refractivity contribution in [2.45, 2.75) is 49.3 Å². The average molecular weight is 471 g/mol. The van der Waals surface area contributed by atoms with Crippen LogP contribution >= 0.6 is 11.8 Å². The molecule has 0 aromatic carbocycles. The van der Waals surface area contributed by atoms with Gasteiger partial charge in [0.05, 0.1) is 23.6 Å². The zero-order valence-electron chi connectivity index (χ0n) is 18.8. The van der Waals surface area contributed by atoms with Crippen LogP contribution in [0.5, 0.6) is 0 Å². The Morgan fingerprint density at radius 3 is 2.78 bits per heavy atom. The fourth-order valence-electron chi connectivity index (χ4n) is 5.28. The molecule has 4 heterocycles. The van der Waals surface area contributed by atoms with E-state index in [2.05, 4.69) is 44.1 Å². The number of aliphatic imine (C=N–C) groups is 1. The van der Waals surface area contributed by atoms with Crippen molar-refractivity contribution in [2.75, 3.05) is 45.5 Å². The quantitative estimate of drug-likeness (QED) is 0.201. The number of rotatable bonds is 6. The van der Waals surface area contributed by atoms with Crippen molar-refractivity contribution in [3.8, 4) is 0 Å². The van der Waals surface area contributed by atoms with Crippen molar-refractivity contribution in [3.63, 3.8) is 0 Å². The Kier molecular flexibility index (Phi) is 8.27. The minimum atomic E-state index is -1.45. The van der Waals surface area contributed by atoms with Gasteiger partial charge in [0.2, 0.25) is 0 Å². The highest BCUT2D eigenvalue weighted by Crippen LogP contribution is 2.38. The molecule has 8 atom stereocenters. The van der Waals surface area contributed by atoms with E-state index in [4.69, 9.17) is 4.99 Å². The Hall–Kier alpha value is -0.990. The molecule has 11 nitrogen and oxygen atoms in total. The summed E-state index contributed by atoms with van der Waals surface area (Å²) in [6, 6.07) is -0.156. The molecule has 0 aromatic rings. The predicted molar refractivity (Wildman–Crippen MR) is 125 cm³/mol. The van der Waals surface area contributed by atoms with Gasteiger partial charge in [-0.15, -0.1) is 11.8 Å². The molecule has 4 rings (SSSR count). The Labute approximate surface area is 193 Å². The van der Waals surface area contributed by atoms with Crippen molar-refractivity contribution in [1.82, 2.24) is 37.0 Å². The van der Waals surface area contributed by atoms with Gasteiger partial charge in [0.1, 0.15) is 0 Å². The molecule has 3 fully saturated rings. The maximum absolute atomic E-state index is 12.1. The summed E-state index contributed by atoms with van der Waals surface area (Å²) in [7, 11) is 2.09. The maximum atomic E-state index is 12.1. The molecule has 0 bridgehead atoms. The van der Waals surface area contributed by atoms with Crippen LogP contribution < -0.4 is 32.0 Å². The predicted octanol–water partition coefficient (Wildman–Crippen LogP) is -2.32. The van der Waals surface area contributed by atoms with Crippen LogP contribution in [0.25, 0.3) is 0 Å². The molecule has 0 aliphatic carbocycles. The van der Waals surface area contributed by atoms with Crippen molar-refractivity contribution in [2.24, 2.45) is 22.7 Å². The molecular weight excluding hydrogens is 432 g/mol. The Morgan fingerprint density at radius 2 is 2.12 bits per heavy atom. The molecule has 0 radical (unpaired) electrons. The monoisotopic (exact) mass is 470 g/mol. The minimum Gasteiger partial charge on any atom is -0.366 e. The summed E-state index contributed by atoms with van der Waals surface area (Å²) < 4.78 is 0. The first-order valence-electron chi connectivity index (χ1n) is 11.7. The number of thioether (sulfide) groups is 1. The fraction of sp³-hybridized carbons (Fsp3) is 0.900. The molecule has 182 valence electrons. The number of carbonyl (C=O) groups is 1. The molecular formula is C20H38N8O3S. The summed E-state index contributed by atoms with van der Waals surface area (Å²) in [6.45, 7) is 5.90. The van der Waals surface area contributed by atoms with E-state index in [1.54, 1.807) is 6.21 Å². The van der Waals surface area contributed by atoms with Crippen molar-refractivity contribution in [3.05, 3.63) is 0 Å². The fourth-order valence-corrected chi connectivity index (χ4v) is 6.89. The van der Waals surface area contributed by atoms with Crippen LogP contribution in [0.15, 0.2) is 4.99 Å². The van der Waals surface area contributed by atoms with Gasteiger partial charge in [-0.1, -0.05) is 0 Å². The van der Waals surface area contributed by atoms with E-state index in [0.29, 0.717) is 36.3 Å². The van der Waals surface area contributed by atoms with Crippen LogP contribution in [0, 0.1) is 17.8 Å². The lowest BCUT2D eigenvalue weighted by Gasteiger charge is -2.43. The van der Waals surface area contributed by atoms with E-state index in [9.17, 15) is 15.0 Å². The second-order valence-electron chi connectivity index (χ2n) is 9.27. The number of amides is 2. The van der Waals surface area contributed by atoms with Gasteiger partial charge in [0.25, 0.3) is 0 Å². The van der Waals surface area contributed by atoms with Gasteiger partial charge in [-0.2, -0.15) is 0 Å². The zero-order chi connectivity index (χ0) is 22.7. The van der Waals surface area contributed by atoms with E-state index in [-0.39, 0.29) is 24.2 Å². The summed E-state index contributed by atoms with van der Waals surface area (Å²) in [5.74, 6) is 2.27. The maximum Gasteiger partial charge on any atom is 0.316 e. The molecule has 4 aliphatic heterocycles. The summed E-state index contributed by atoms with van der Waals surface area (Å²) >= 11 is 1.98. The number of aliphatic hydroxyl groups is 2. The second kappa shape index (κ2) is 11.0. The molecule has 0 spiro atoms. The normalized spacial score (nSPS) is 40.7. The van der Waals surface area contributed by atoms with Crippen molar-refractivity contribution < 1.29 is 15.0 Å².